The summed E-state index contributed by atoms with van der Waals surface area (Å²) in [5, 5.41) is 2.06. The van der Waals surface area contributed by atoms with Gasteiger partial charge in [-0.2, -0.15) is 13.2 Å². The number of esters is 2. The predicted octanol–water partition coefficient (Wildman–Crippen LogP) is 4.85. The van der Waals surface area contributed by atoms with Gasteiger partial charge in [-0.05, 0) is 48.9 Å². The van der Waals surface area contributed by atoms with Gasteiger partial charge in [0.2, 0.25) is 5.91 Å². The zero-order valence-electron chi connectivity index (χ0n) is 19.8. The Bertz CT molecular complexity index is 1170. The molecule has 0 unspecified atom stereocenters. The van der Waals surface area contributed by atoms with E-state index in [1.807, 2.05) is 6.92 Å². The smallest absolute Gasteiger partial charge is 0.416 e. The van der Waals surface area contributed by atoms with Crippen LogP contribution < -0.4 is 10.2 Å². The highest BCUT2D eigenvalue weighted by atomic mass is 35.5. The predicted molar refractivity (Wildman–Crippen MR) is 128 cm³/mol. The Kier molecular flexibility index (Phi) is 9.14. The summed E-state index contributed by atoms with van der Waals surface area (Å²) in [7, 11) is 0. The number of nitrogens with zero attached hydrogens (tertiary/aromatic N) is 1. The minimum atomic E-state index is -4.63. The van der Waals surface area contributed by atoms with Gasteiger partial charge in [0.15, 0.2) is 6.61 Å². The normalized spacial score (nSPS) is 15.4. The fourth-order valence-corrected chi connectivity index (χ4v) is 3.69. The molecule has 37 heavy (non-hydrogen) atoms. The van der Waals surface area contributed by atoms with Crippen LogP contribution >= 0.6 is 11.6 Å². The topological polar surface area (TPSA) is 102 Å². The molecule has 1 N–H and O–H groups in total. The number of ether oxygens (including phenoxy) is 2. The maximum absolute atomic E-state index is 12.9. The zero-order chi connectivity index (χ0) is 27.2. The molecule has 1 saturated heterocycles. The molecule has 0 spiro atoms. The van der Waals surface area contributed by atoms with E-state index in [0.717, 1.165) is 25.0 Å². The van der Waals surface area contributed by atoms with Gasteiger partial charge >= 0.3 is 18.1 Å². The second-order valence-corrected chi connectivity index (χ2v) is 8.70. The number of hydrogen-bond donors (Lipinski definition) is 1. The molecule has 0 aromatic heterocycles. The van der Waals surface area contributed by atoms with Crippen molar-refractivity contribution in [2.75, 3.05) is 30.0 Å². The molecule has 12 heteroatoms. The molecule has 1 fully saturated rings. The molecular weight excluding hydrogens is 517 g/mol. The summed E-state index contributed by atoms with van der Waals surface area (Å²) in [6.07, 6.45) is -3.14. The summed E-state index contributed by atoms with van der Waals surface area (Å²) >= 11 is 5.84. The number of hydrogen-bond acceptors (Lipinski definition) is 6. The van der Waals surface area contributed by atoms with E-state index in [-0.39, 0.29) is 29.6 Å². The lowest BCUT2D eigenvalue weighted by molar-refractivity contribution is -0.151. The number of alkyl halides is 3. The van der Waals surface area contributed by atoms with Crippen LogP contribution in [0.4, 0.5) is 24.5 Å². The van der Waals surface area contributed by atoms with Crippen LogP contribution in [0, 0.1) is 5.92 Å². The van der Waals surface area contributed by atoms with Gasteiger partial charge in [-0.1, -0.05) is 24.9 Å². The van der Waals surface area contributed by atoms with Crippen LogP contribution in [0.1, 0.15) is 42.1 Å². The van der Waals surface area contributed by atoms with E-state index in [9.17, 15) is 32.3 Å². The first-order valence-electron chi connectivity index (χ1n) is 11.4. The number of unbranched alkanes of at least 4 members (excludes halogenated alkanes) is 1. The van der Waals surface area contributed by atoms with Crippen LogP contribution in [0.25, 0.3) is 0 Å². The van der Waals surface area contributed by atoms with Crippen molar-refractivity contribution in [3.8, 4) is 0 Å². The number of amides is 2. The highest BCUT2D eigenvalue weighted by molar-refractivity contribution is 6.33. The van der Waals surface area contributed by atoms with Crippen molar-refractivity contribution in [3.63, 3.8) is 0 Å². The number of nitrogens with one attached hydrogen (secondary N) is 1. The van der Waals surface area contributed by atoms with E-state index >= 15 is 0 Å². The molecule has 0 aliphatic carbocycles. The van der Waals surface area contributed by atoms with Crippen LogP contribution in [-0.4, -0.2) is 43.5 Å². The lowest BCUT2D eigenvalue weighted by Crippen LogP contribution is -2.28. The number of carbonyl (C=O) groups excluding carboxylic acids is 4. The van der Waals surface area contributed by atoms with Crippen molar-refractivity contribution in [2.45, 2.75) is 32.4 Å². The summed E-state index contributed by atoms with van der Waals surface area (Å²) in [4.78, 5) is 50.4. The van der Waals surface area contributed by atoms with Gasteiger partial charge in [-0.3, -0.25) is 14.4 Å². The van der Waals surface area contributed by atoms with E-state index < -0.39 is 42.1 Å². The molecule has 2 amide bonds. The molecule has 3 rings (SSSR count). The number of carbonyl (C=O) groups is 4. The van der Waals surface area contributed by atoms with Crippen LogP contribution in [0.15, 0.2) is 42.5 Å². The fourth-order valence-electron chi connectivity index (χ4n) is 3.52. The summed E-state index contributed by atoms with van der Waals surface area (Å²) in [5.41, 5.74) is -0.482. The van der Waals surface area contributed by atoms with Gasteiger partial charge < -0.3 is 19.7 Å². The molecule has 8 nitrogen and oxygen atoms in total. The van der Waals surface area contributed by atoms with E-state index in [1.54, 1.807) is 12.1 Å². The molecule has 1 atom stereocenters. The third-order valence-corrected chi connectivity index (χ3v) is 5.85. The summed E-state index contributed by atoms with van der Waals surface area (Å²) in [6, 6.07) is 8.60. The summed E-state index contributed by atoms with van der Waals surface area (Å²) in [5.74, 6) is -3.37. The second kappa shape index (κ2) is 12.1. The molecule has 0 radical (unpaired) electrons. The Balaban J connectivity index is 1.53. The third kappa shape index (κ3) is 7.45. The quantitative estimate of drug-likeness (QED) is 0.360. The summed E-state index contributed by atoms with van der Waals surface area (Å²) in [6.45, 7) is 1.52. The average Bonchev–Trinajstić information content (AvgIpc) is 3.25. The molecule has 0 saturated carbocycles. The molecule has 1 heterocycles. The van der Waals surface area contributed by atoms with E-state index in [4.69, 9.17) is 21.1 Å². The lowest BCUT2D eigenvalue weighted by atomic mass is 10.1. The first-order valence-corrected chi connectivity index (χ1v) is 11.8. The first-order chi connectivity index (χ1) is 17.5. The van der Waals surface area contributed by atoms with Crippen LogP contribution in [0.5, 0.6) is 0 Å². The maximum atomic E-state index is 12.9. The highest BCUT2D eigenvalue weighted by Crippen LogP contribution is 2.34. The van der Waals surface area contributed by atoms with Gasteiger partial charge in [0.25, 0.3) is 5.91 Å². The van der Waals surface area contributed by atoms with Gasteiger partial charge in [0, 0.05) is 18.7 Å². The number of benzene rings is 2. The van der Waals surface area contributed by atoms with Crippen LogP contribution in [0.3, 0.4) is 0 Å². The molecular formula is C25H24ClF3N2O6. The van der Waals surface area contributed by atoms with Gasteiger partial charge in [-0.25, -0.2) is 4.79 Å². The first kappa shape index (κ1) is 28.0. The van der Waals surface area contributed by atoms with Crippen molar-refractivity contribution in [1.29, 1.82) is 0 Å². The molecule has 198 valence electrons. The Morgan fingerprint density at radius 3 is 2.46 bits per heavy atom. The van der Waals surface area contributed by atoms with E-state index in [1.165, 1.54) is 17.0 Å². The van der Waals surface area contributed by atoms with Crippen molar-refractivity contribution >= 4 is 46.7 Å². The highest BCUT2D eigenvalue weighted by Gasteiger charge is 2.36. The van der Waals surface area contributed by atoms with Crippen molar-refractivity contribution in [1.82, 2.24) is 0 Å². The zero-order valence-corrected chi connectivity index (χ0v) is 20.5. The molecule has 2 aromatic rings. The fraction of sp³-hybridized carbons (Fsp3) is 0.360. The largest absolute Gasteiger partial charge is 0.462 e. The Hall–Kier alpha value is -3.60. The molecule has 1 aliphatic heterocycles. The number of rotatable bonds is 9. The Morgan fingerprint density at radius 1 is 1.11 bits per heavy atom. The third-order valence-electron chi connectivity index (χ3n) is 5.52. The maximum Gasteiger partial charge on any atom is 0.416 e. The molecule has 2 aromatic carbocycles. The second-order valence-electron chi connectivity index (χ2n) is 8.29. The molecule has 0 bridgehead atoms. The van der Waals surface area contributed by atoms with Crippen LogP contribution in [0.2, 0.25) is 5.02 Å². The Labute approximate surface area is 215 Å². The van der Waals surface area contributed by atoms with E-state index in [0.29, 0.717) is 23.9 Å². The number of anilines is 2. The minimum absolute atomic E-state index is 0.000957. The number of halogens is 4. The van der Waals surface area contributed by atoms with Gasteiger partial charge in [-0.15, -0.1) is 0 Å². The average molecular weight is 541 g/mol. The van der Waals surface area contributed by atoms with E-state index in [2.05, 4.69) is 5.32 Å². The van der Waals surface area contributed by atoms with Crippen LogP contribution in [-0.2, 0) is 30.0 Å². The standard InChI is InChI=1S/C25H24ClF3N2O6/c1-2-3-10-36-23(34)15-4-7-18(8-5-15)31-13-16(11-22(31)33)24(35)37-14-21(32)30-20-12-17(25(27,28)29)6-9-19(20)26/h4-9,12,16H,2-3,10-11,13-14H2,1H3,(H,30,32)/t16-/m0/s1. The van der Waals surface area contributed by atoms with Crippen molar-refractivity contribution in [2.24, 2.45) is 5.92 Å². The Morgan fingerprint density at radius 2 is 1.81 bits per heavy atom. The minimum Gasteiger partial charge on any atom is -0.462 e. The van der Waals surface area contributed by atoms with Gasteiger partial charge in [0.05, 0.1) is 34.4 Å². The summed E-state index contributed by atoms with van der Waals surface area (Å²) < 4.78 is 48.8. The van der Waals surface area contributed by atoms with Gasteiger partial charge in [0.1, 0.15) is 0 Å². The molecule has 1 aliphatic rings. The SMILES string of the molecule is CCCCOC(=O)c1ccc(N2C[C@@H](C(=O)OCC(=O)Nc3cc(C(F)(F)F)ccc3Cl)CC2=O)cc1. The van der Waals surface area contributed by atoms with Crippen molar-refractivity contribution < 1.29 is 41.8 Å². The van der Waals surface area contributed by atoms with Crippen molar-refractivity contribution in [3.05, 3.63) is 58.6 Å². The lowest BCUT2D eigenvalue weighted by Gasteiger charge is -2.17. The monoisotopic (exact) mass is 540 g/mol.